The minimum atomic E-state index is -0.0861. The summed E-state index contributed by atoms with van der Waals surface area (Å²) in [5, 5.41) is 10.9. The molecule has 7 aromatic rings. The van der Waals surface area contributed by atoms with Crippen LogP contribution in [-0.2, 0) is 5.41 Å². The van der Waals surface area contributed by atoms with Crippen LogP contribution in [0.2, 0.25) is 0 Å². The Bertz CT molecular complexity index is 2320. The predicted octanol–water partition coefficient (Wildman–Crippen LogP) is 11.5. The third-order valence-corrected chi connectivity index (χ3v) is 10.1. The fourth-order valence-corrected chi connectivity index (χ4v) is 8.11. The minimum absolute atomic E-state index is 0.0861. The quantitative estimate of drug-likeness (QED) is 0.198. The molecule has 0 nitrogen and oxygen atoms in total. The van der Waals surface area contributed by atoms with Gasteiger partial charge < -0.3 is 0 Å². The Hall–Kier alpha value is -4.68. The summed E-state index contributed by atoms with van der Waals surface area (Å²) >= 11 is 0. The Balaban J connectivity index is 1.29. The molecule has 0 heteroatoms. The summed E-state index contributed by atoms with van der Waals surface area (Å²) in [4.78, 5) is 0. The van der Waals surface area contributed by atoms with E-state index in [9.17, 15) is 0 Å². The van der Waals surface area contributed by atoms with Gasteiger partial charge in [-0.25, -0.2) is 0 Å². The van der Waals surface area contributed by atoms with Crippen molar-refractivity contribution >= 4 is 54.2 Å². The van der Waals surface area contributed by atoms with E-state index in [1.165, 1.54) is 98.7 Å². The van der Waals surface area contributed by atoms with Crippen molar-refractivity contribution in [2.75, 3.05) is 0 Å². The Kier molecular flexibility index (Phi) is 4.35. The maximum atomic E-state index is 2.48. The molecule has 0 fully saturated rings. The highest BCUT2D eigenvalue weighted by atomic mass is 14.4. The average molecular weight is 523 g/mol. The van der Waals surface area contributed by atoms with Crippen molar-refractivity contribution in [1.82, 2.24) is 0 Å². The Morgan fingerprint density at radius 3 is 2.12 bits per heavy atom. The molecule has 0 aliphatic heterocycles. The summed E-state index contributed by atoms with van der Waals surface area (Å²) in [6.07, 6.45) is 4.41. The summed E-state index contributed by atoms with van der Waals surface area (Å²) in [6, 6.07) is 37.1. The fourth-order valence-electron chi connectivity index (χ4n) is 8.11. The number of rotatable bonds is 2. The first-order chi connectivity index (χ1) is 20.0. The number of hydrogen-bond acceptors (Lipinski definition) is 0. The van der Waals surface area contributed by atoms with E-state index in [0.717, 1.165) is 0 Å². The smallest absolute Gasteiger partial charge is 0.0159 e. The van der Waals surface area contributed by atoms with Gasteiger partial charge in [-0.3, -0.25) is 0 Å². The molecular formula is C41H30. The fraction of sp³-hybridized carbons (Fsp3) is 0.122. The van der Waals surface area contributed by atoms with Crippen LogP contribution < -0.4 is 0 Å². The van der Waals surface area contributed by atoms with E-state index < -0.39 is 0 Å². The third kappa shape index (κ3) is 2.80. The second-order valence-corrected chi connectivity index (χ2v) is 12.5. The molecule has 0 amide bonds. The number of hydrogen-bond donors (Lipinski definition) is 0. The van der Waals surface area contributed by atoms with E-state index in [1.54, 1.807) is 0 Å². The maximum absolute atomic E-state index is 2.48. The van der Waals surface area contributed by atoms with Gasteiger partial charge >= 0.3 is 0 Å². The highest BCUT2D eigenvalue weighted by Crippen LogP contribution is 2.55. The van der Waals surface area contributed by atoms with Crippen molar-refractivity contribution in [2.24, 2.45) is 0 Å². The van der Waals surface area contributed by atoms with Gasteiger partial charge in [-0.1, -0.05) is 111 Å². The molecule has 0 N–H and O–H groups in total. The van der Waals surface area contributed by atoms with Crippen molar-refractivity contribution in [3.8, 4) is 22.3 Å². The van der Waals surface area contributed by atoms with Gasteiger partial charge in [0.1, 0.15) is 0 Å². The monoisotopic (exact) mass is 522 g/mol. The topological polar surface area (TPSA) is 0 Å². The van der Waals surface area contributed by atoms with E-state index in [-0.39, 0.29) is 5.41 Å². The predicted molar refractivity (Wildman–Crippen MR) is 178 cm³/mol. The van der Waals surface area contributed by atoms with E-state index in [0.29, 0.717) is 0 Å². The molecule has 0 unspecified atom stereocenters. The molecule has 2 aliphatic carbocycles. The standard InChI is InChI=1S/C41H30/c1-5-8-28-23(2)29-19-20-30(32-12-7-11-31(28)39(29)32)26-16-17-33-35(21-26)41(3,4)36-22-27-14-13-24-9-6-10-25-15-18-34(40(33)36)38(27)37(24)25/h5-22H,1-4H3/b8-5-. The molecule has 7 aromatic carbocycles. The highest BCUT2D eigenvalue weighted by molar-refractivity contribution is 6.26. The van der Waals surface area contributed by atoms with Crippen LogP contribution in [0.4, 0.5) is 0 Å². The number of fused-ring (bicyclic) bond motifs is 4. The molecule has 0 bridgehead atoms. The first-order valence-electron chi connectivity index (χ1n) is 14.7. The van der Waals surface area contributed by atoms with Gasteiger partial charge in [-0.05, 0) is 125 Å². The average Bonchev–Trinajstić information content (AvgIpc) is 3.40. The summed E-state index contributed by atoms with van der Waals surface area (Å²) in [5.74, 6) is 0. The molecule has 0 atom stereocenters. The van der Waals surface area contributed by atoms with Gasteiger partial charge in [0.15, 0.2) is 0 Å². The molecule has 0 radical (unpaired) electrons. The normalized spacial score (nSPS) is 15.3. The largest absolute Gasteiger partial charge is 0.0870 e. The summed E-state index contributed by atoms with van der Waals surface area (Å²) in [6.45, 7) is 9.18. The van der Waals surface area contributed by atoms with Crippen LogP contribution in [0.3, 0.4) is 0 Å². The maximum Gasteiger partial charge on any atom is 0.0159 e. The number of benzene rings is 7. The van der Waals surface area contributed by atoms with Crippen LogP contribution in [0.1, 0.15) is 49.9 Å². The zero-order valence-electron chi connectivity index (χ0n) is 23.9. The van der Waals surface area contributed by atoms with Crippen molar-refractivity contribution < 1.29 is 0 Å². The Morgan fingerprint density at radius 1 is 0.561 bits per heavy atom. The first kappa shape index (κ1) is 23.1. The van der Waals surface area contributed by atoms with Gasteiger partial charge in [0, 0.05) is 5.41 Å². The molecule has 194 valence electrons. The SMILES string of the molecule is C/C=C\C1=C(C)c2ccc(-c3ccc4c(c3)C(C)(C)c3cc5ccc6cccc7ccc(c3-4)c5c67)c3cccc1c23. The van der Waals surface area contributed by atoms with Gasteiger partial charge in [-0.15, -0.1) is 0 Å². The van der Waals surface area contributed by atoms with Crippen LogP contribution in [0.5, 0.6) is 0 Å². The van der Waals surface area contributed by atoms with Gasteiger partial charge in [0.2, 0.25) is 0 Å². The van der Waals surface area contributed by atoms with Crippen molar-refractivity contribution in [3.63, 3.8) is 0 Å². The van der Waals surface area contributed by atoms with E-state index in [4.69, 9.17) is 0 Å². The molecule has 0 saturated heterocycles. The van der Waals surface area contributed by atoms with E-state index >= 15 is 0 Å². The first-order valence-corrected chi connectivity index (χ1v) is 14.7. The van der Waals surface area contributed by atoms with Crippen molar-refractivity contribution in [3.05, 3.63) is 131 Å². The van der Waals surface area contributed by atoms with Gasteiger partial charge in [-0.2, -0.15) is 0 Å². The van der Waals surface area contributed by atoms with E-state index in [1.807, 2.05) is 0 Å². The van der Waals surface area contributed by atoms with Gasteiger partial charge in [0.25, 0.3) is 0 Å². The lowest BCUT2D eigenvalue weighted by Gasteiger charge is -2.23. The summed E-state index contributed by atoms with van der Waals surface area (Å²) in [7, 11) is 0. The second-order valence-electron chi connectivity index (χ2n) is 12.5. The second kappa shape index (κ2) is 7.74. The molecular weight excluding hydrogens is 492 g/mol. The summed E-state index contributed by atoms with van der Waals surface area (Å²) in [5.41, 5.74) is 13.6. The highest BCUT2D eigenvalue weighted by Gasteiger charge is 2.37. The zero-order chi connectivity index (χ0) is 27.6. The van der Waals surface area contributed by atoms with Gasteiger partial charge in [0.05, 0.1) is 0 Å². The van der Waals surface area contributed by atoms with Crippen LogP contribution in [0, 0.1) is 0 Å². The number of allylic oxidation sites excluding steroid dienone is 4. The Labute approximate surface area is 240 Å². The molecule has 0 spiro atoms. The molecule has 9 rings (SSSR count). The third-order valence-electron chi connectivity index (χ3n) is 10.1. The lowest BCUT2D eigenvalue weighted by molar-refractivity contribution is 0.661. The lowest BCUT2D eigenvalue weighted by atomic mass is 9.80. The minimum Gasteiger partial charge on any atom is -0.0870 e. The van der Waals surface area contributed by atoms with Crippen LogP contribution >= 0.6 is 0 Å². The van der Waals surface area contributed by atoms with Crippen molar-refractivity contribution in [1.29, 1.82) is 0 Å². The van der Waals surface area contributed by atoms with Crippen LogP contribution in [0.15, 0.2) is 109 Å². The molecule has 0 aromatic heterocycles. The molecule has 0 heterocycles. The summed E-state index contributed by atoms with van der Waals surface area (Å²) < 4.78 is 0. The van der Waals surface area contributed by atoms with E-state index in [2.05, 4.69) is 137 Å². The Morgan fingerprint density at radius 2 is 1.29 bits per heavy atom. The molecule has 2 aliphatic rings. The zero-order valence-corrected chi connectivity index (χ0v) is 23.9. The van der Waals surface area contributed by atoms with Crippen LogP contribution in [-0.4, -0.2) is 0 Å². The lowest BCUT2D eigenvalue weighted by Crippen LogP contribution is -2.15. The molecule has 0 saturated carbocycles. The molecule has 41 heavy (non-hydrogen) atoms. The van der Waals surface area contributed by atoms with Crippen molar-refractivity contribution in [2.45, 2.75) is 33.1 Å². The van der Waals surface area contributed by atoms with Crippen LogP contribution in [0.25, 0.3) is 76.5 Å².